The zero-order chi connectivity index (χ0) is 15.0. The quantitative estimate of drug-likeness (QED) is 0.658. The minimum absolute atomic E-state index is 0.0979. The van der Waals surface area contributed by atoms with Crippen LogP contribution in [0.3, 0.4) is 0 Å². The number of aromatic amines is 1. The van der Waals surface area contributed by atoms with Crippen LogP contribution in [0.5, 0.6) is 0 Å². The van der Waals surface area contributed by atoms with Crippen LogP contribution in [-0.4, -0.2) is 9.78 Å². The van der Waals surface area contributed by atoms with E-state index in [2.05, 4.69) is 37.0 Å². The van der Waals surface area contributed by atoms with E-state index in [9.17, 15) is 4.79 Å². The normalized spacial score (nSPS) is 10.8. The summed E-state index contributed by atoms with van der Waals surface area (Å²) in [6.07, 6.45) is 0. The fraction of sp³-hybridized carbons (Fsp3) is 0.0625. The van der Waals surface area contributed by atoms with Gasteiger partial charge in [-0.2, -0.15) is 0 Å². The van der Waals surface area contributed by atoms with Crippen LogP contribution in [0.4, 0.5) is 0 Å². The maximum absolute atomic E-state index is 12.5. The van der Waals surface area contributed by atoms with Crippen LogP contribution in [0.1, 0.15) is 5.56 Å². The third-order valence-corrected chi connectivity index (χ3v) is 4.53. The van der Waals surface area contributed by atoms with Crippen LogP contribution < -0.4 is 5.56 Å². The highest BCUT2D eigenvalue weighted by atomic mass is 79.9. The monoisotopic (exact) mass is 406 g/mol. The Kier molecular flexibility index (Phi) is 3.87. The molecule has 0 aliphatic heterocycles. The summed E-state index contributed by atoms with van der Waals surface area (Å²) in [5.41, 5.74) is 3.50. The van der Waals surface area contributed by atoms with Gasteiger partial charge in [-0.3, -0.25) is 9.89 Å². The Hall–Kier alpha value is -1.59. The van der Waals surface area contributed by atoms with E-state index >= 15 is 0 Å². The molecule has 3 rings (SSSR count). The average Bonchev–Trinajstić information content (AvgIpc) is 2.77. The van der Waals surface area contributed by atoms with E-state index < -0.39 is 0 Å². The molecule has 0 unspecified atom stereocenters. The number of hydrogen-bond acceptors (Lipinski definition) is 1. The fourth-order valence-electron chi connectivity index (χ4n) is 2.25. The Morgan fingerprint density at radius 3 is 2.43 bits per heavy atom. The summed E-state index contributed by atoms with van der Waals surface area (Å²) in [6, 6.07) is 15.6. The molecule has 0 atom stereocenters. The largest absolute Gasteiger partial charge is 0.289 e. The number of benzene rings is 2. The number of rotatable bonds is 2. The Balaban J connectivity index is 2.20. The fourth-order valence-corrected chi connectivity index (χ4v) is 3.22. The van der Waals surface area contributed by atoms with E-state index in [1.165, 1.54) is 0 Å². The van der Waals surface area contributed by atoms with E-state index in [-0.39, 0.29) is 5.56 Å². The number of hydrogen-bond donors (Lipinski definition) is 1. The number of nitrogens with zero attached hydrogens (tertiary/aromatic N) is 1. The summed E-state index contributed by atoms with van der Waals surface area (Å²) >= 11 is 6.84. The molecular formula is C16H12Br2N2O. The van der Waals surface area contributed by atoms with Crippen molar-refractivity contribution in [2.24, 2.45) is 0 Å². The molecule has 0 saturated heterocycles. The molecule has 1 N–H and O–H groups in total. The smallest absolute Gasteiger partial charge is 0.286 e. The maximum Gasteiger partial charge on any atom is 0.286 e. The SMILES string of the molecule is Cc1cc(Br)ccc1-n1[nH]c(-c2ccccc2)c(Br)c1=O. The highest BCUT2D eigenvalue weighted by molar-refractivity contribution is 9.10. The van der Waals surface area contributed by atoms with Crippen molar-refractivity contribution in [2.45, 2.75) is 6.92 Å². The second-order valence-corrected chi connectivity index (χ2v) is 6.45. The van der Waals surface area contributed by atoms with E-state index in [1.807, 2.05) is 55.5 Å². The van der Waals surface area contributed by atoms with Crippen LogP contribution in [-0.2, 0) is 0 Å². The first-order valence-corrected chi connectivity index (χ1v) is 7.99. The van der Waals surface area contributed by atoms with Crippen molar-refractivity contribution in [3.8, 4) is 16.9 Å². The number of H-pyrrole nitrogens is 1. The summed E-state index contributed by atoms with van der Waals surface area (Å²) in [5.74, 6) is 0. The molecule has 0 bridgehead atoms. The van der Waals surface area contributed by atoms with Gasteiger partial charge in [0.15, 0.2) is 0 Å². The molecule has 0 aliphatic carbocycles. The molecule has 0 fully saturated rings. The van der Waals surface area contributed by atoms with E-state index in [4.69, 9.17) is 0 Å². The topological polar surface area (TPSA) is 37.8 Å². The number of halogens is 2. The van der Waals surface area contributed by atoms with Crippen molar-refractivity contribution in [1.29, 1.82) is 0 Å². The van der Waals surface area contributed by atoms with Crippen molar-refractivity contribution < 1.29 is 0 Å². The first-order valence-electron chi connectivity index (χ1n) is 6.40. The lowest BCUT2D eigenvalue weighted by Crippen LogP contribution is -2.15. The van der Waals surface area contributed by atoms with E-state index in [1.54, 1.807) is 4.68 Å². The van der Waals surface area contributed by atoms with Crippen molar-refractivity contribution in [1.82, 2.24) is 9.78 Å². The Morgan fingerprint density at radius 1 is 1.05 bits per heavy atom. The molecule has 5 heteroatoms. The molecule has 0 saturated carbocycles. The third kappa shape index (κ3) is 2.63. The van der Waals surface area contributed by atoms with Crippen LogP contribution in [0.2, 0.25) is 0 Å². The molecule has 106 valence electrons. The predicted octanol–water partition coefficient (Wildman–Crippen LogP) is 4.67. The molecule has 1 aromatic heterocycles. The first-order chi connectivity index (χ1) is 10.1. The van der Waals surface area contributed by atoms with Gasteiger partial charge in [-0.25, -0.2) is 4.68 Å². The summed E-state index contributed by atoms with van der Waals surface area (Å²) in [5, 5.41) is 3.18. The highest BCUT2D eigenvalue weighted by Crippen LogP contribution is 2.25. The van der Waals surface area contributed by atoms with E-state index in [0.29, 0.717) is 4.47 Å². The zero-order valence-electron chi connectivity index (χ0n) is 11.2. The molecule has 2 aromatic carbocycles. The molecule has 0 radical (unpaired) electrons. The predicted molar refractivity (Wildman–Crippen MR) is 92.0 cm³/mol. The first kappa shape index (κ1) is 14.4. The van der Waals surface area contributed by atoms with Gasteiger partial charge in [0.2, 0.25) is 0 Å². The molecule has 0 aliphatic rings. The van der Waals surface area contributed by atoms with Crippen molar-refractivity contribution in [3.05, 3.63) is 73.4 Å². The van der Waals surface area contributed by atoms with Gasteiger partial charge in [0.05, 0.1) is 11.4 Å². The Bertz CT molecular complexity index is 850. The molecule has 1 heterocycles. The third-order valence-electron chi connectivity index (χ3n) is 3.30. The highest BCUT2D eigenvalue weighted by Gasteiger charge is 2.15. The lowest BCUT2D eigenvalue weighted by molar-refractivity contribution is 0.844. The summed E-state index contributed by atoms with van der Waals surface area (Å²) in [6.45, 7) is 1.98. The minimum atomic E-state index is -0.0979. The average molecular weight is 408 g/mol. The summed E-state index contributed by atoms with van der Waals surface area (Å²) in [4.78, 5) is 12.5. The van der Waals surface area contributed by atoms with Gasteiger partial charge in [0.1, 0.15) is 4.47 Å². The van der Waals surface area contributed by atoms with Crippen LogP contribution >= 0.6 is 31.9 Å². The van der Waals surface area contributed by atoms with Gasteiger partial charge in [-0.1, -0.05) is 46.3 Å². The molecule has 3 nitrogen and oxygen atoms in total. The van der Waals surface area contributed by atoms with Gasteiger partial charge in [-0.15, -0.1) is 0 Å². The van der Waals surface area contributed by atoms with Crippen molar-refractivity contribution in [3.63, 3.8) is 0 Å². The lowest BCUT2D eigenvalue weighted by Gasteiger charge is -2.06. The second-order valence-electron chi connectivity index (χ2n) is 4.74. The van der Waals surface area contributed by atoms with Crippen molar-refractivity contribution in [2.75, 3.05) is 0 Å². The number of aryl methyl sites for hydroxylation is 1. The Labute approximate surface area is 138 Å². The zero-order valence-corrected chi connectivity index (χ0v) is 14.4. The van der Waals surface area contributed by atoms with Gasteiger partial charge in [0, 0.05) is 10.0 Å². The molecule has 0 spiro atoms. The van der Waals surface area contributed by atoms with Crippen LogP contribution in [0.15, 0.2) is 62.3 Å². The van der Waals surface area contributed by atoms with Gasteiger partial charge < -0.3 is 0 Å². The van der Waals surface area contributed by atoms with E-state index in [0.717, 1.165) is 27.0 Å². The van der Waals surface area contributed by atoms with Gasteiger partial charge >= 0.3 is 0 Å². The standard InChI is InChI=1S/C16H12Br2N2O/c1-10-9-12(17)7-8-13(10)20-16(21)14(18)15(19-20)11-5-3-2-4-6-11/h2-9,19H,1H3. The molecule has 21 heavy (non-hydrogen) atoms. The molecule has 0 amide bonds. The summed E-state index contributed by atoms with van der Waals surface area (Å²) < 4.78 is 3.09. The van der Waals surface area contributed by atoms with Crippen LogP contribution in [0.25, 0.3) is 16.9 Å². The van der Waals surface area contributed by atoms with Gasteiger partial charge in [-0.05, 0) is 46.6 Å². The summed E-state index contributed by atoms with van der Waals surface area (Å²) in [7, 11) is 0. The van der Waals surface area contributed by atoms with Crippen LogP contribution in [0, 0.1) is 6.92 Å². The van der Waals surface area contributed by atoms with Crippen molar-refractivity contribution >= 4 is 31.9 Å². The molecular weight excluding hydrogens is 396 g/mol. The maximum atomic E-state index is 12.5. The number of nitrogens with one attached hydrogen (secondary N) is 1. The molecule has 3 aromatic rings. The Morgan fingerprint density at radius 2 is 1.76 bits per heavy atom. The minimum Gasteiger partial charge on any atom is -0.289 e. The second kappa shape index (κ2) is 5.66. The van der Waals surface area contributed by atoms with Gasteiger partial charge in [0.25, 0.3) is 5.56 Å². The number of aromatic nitrogens is 2. The lowest BCUT2D eigenvalue weighted by atomic mass is 10.2.